The van der Waals surface area contributed by atoms with Crippen molar-refractivity contribution in [3.05, 3.63) is 88.4 Å². The third-order valence-electron chi connectivity index (χ3n) is 5.19. The molecular formula is C27H30ClN3O4S. The number of aryl methyl sites for hydroxylation is 2. The van der Waals surface area contributed by atoms with E-state index in [0.29, 0.717) is 28.8 Å². The normalized spacial score (nSPS) is 11.6. The van der Waals surface area contributed by atoms with Gasteiger partial charge in [0.1, 0.15) is 12.3 Å². The van der Waals surface area contributed by atoms with E-state index in [0.717, 1.165) is 21.2 Å². The van der Waals surface area contributed by atoms with Crippen molar-refractivity contribution in [2.75, 3.05) is 17.5 Å². The van der Waals surface area contributed by atoms with Gasteiger partial charge in [0, 0.05) is 5.02 Å². The molecular weight excluding hydrogens is 498 g/mol. The lowest BCUT2D eigenvalue weighted by Crippen LogP contribution is -2.40. The summed E-state index contributed by atoms with van der Waals surface area (Å²) in [5.74, 6) is 0.584. The van der Waals surface area contributed by atoms with Gasteiger partial charge in [0.15, 0.2) is 0 Å². The number of anilines is 1. The zero-order valence-corrected chi connectivity index (χ0v) is 22.3. The number of carbonyl (C=O) groups is 1. The third kappa shape index (κ3) is 7.32. The Bertz CT molecular complexity index is 1320. The number of hydrogen-bond donors (Lipinski definition) is 1. The molecule has 0 unspecified atom stereocenters. The van der Waals surface area contributed by atoms with Gasteiger partial charge in [-0.25, -0.2) is 13.8 Å². The van der Waals surface area contributed by atoms with E-state index in [1.165, 1.54) is 18.3 Å². The quantitative estimate of drug-likeness (QED) is 0.285. The number of amides is 1. The Labute approximate surface area is 217 Å². The standard InChI is InChI=1S/C27H30ClN3O4S/c1-19(2)18-35-24-10-7-22(8-11-24)16-29-30-27(32)17-31(26-14-9-23(28)15-21(26)4)36(33,34)25-12-5-20(3)6-13-25/h5-16,19H,17-18H2,1-4H3,(H,30,32)/b29-16-. The Morgan fingerprint density at radius 1 is 1.06 bits per heavy atom. The molecule has 0 aromatic heterocycles. The van der Waals surface area contributed by atoms with Crippen LogP contribution in [-0.2, 0) is 14.8 Å². The van der Waals surface area contributed by atoms with Gasteiger partial charge in [-0.15, -0.1) is 0 Å². The summed E-state index contributed by atoms with van der Waals surface area (Å²) in [6, 6.07) is 18.6. The summed E-state index contributed by atoms with van der Waals surface area (Å²) in [6.45, 7) is 7.92. The average molecular weight is 528 g/mol. The summed E-state index contributed by atoms with van der Waals surface area (Å²) in [7, 11) is -4.03. The fraction of sp³-hybridized carbons (Fsp3) is 0.259. The molecule has 36 heavy (non-hydrogen) atoms. The first-order valence-electron chi connectivity index (χ1n) is 11.5. The van der Waals surface area contributed by atoms with Gasteiger partial charge in [-0.2, -0.15) is 5.10 Å². The molecule has 190 valence electrons. The molecule has 7 nitrogen and oxygen atoms in total. The minimum atomic E-state index is -4.03. The molecule has 0 fully saturated rings. The molecule has 0 saturated heterocycles. The fourth-order valence-corrected chi connectivity index (χ4v) is 5.01. The molecule has 1 amide bonds. The first kappa shape index (κ1) is 27.2. The molecule has 0 aliphatic heterocycles. The van der Waals surface area contributed by atoms with Crippen LogP contribution in [0.15, 0.2) is 76.7 Å². The van der Waals surface area contributed by atoms with Crippen molar-refractivity contribution in [1.82, 2.24) is 5.43 Å². The minimum absolute atomic E-state index is 0.0820. The summed E-state index contributed by atoms with van der Waals surface area (Å²) in [6.07, 6.45) is 1.48. The van der Waals surface area contributed by atoms with Crippen LogP contribution in [0.4, 0.5) is 5.69 Å². The molecule has 0 bridgehead atoms. The van der Waals surface area contributed by atoms with Gasteiger partial charge in [-0.05, 0) is 85.5 Å². The van der Waals surface area contributed by atoms with Crippen LogP contribution < -0.4 is 14.5 Å². The van der Waals surface area contributed by atoms with E-state index in [9.17, 15) is 13.2 Å². The van der Waals surface area contributed by atoms with Crippen molar-refractivity contribution in [2.24, 2.45) is 11.0 Å². The number of hydrogen-bond acceptors (Lipinski definition) is 5. The van der Waals surface area contributed by atoms with Crippen LogP contribution in [0.2, 0.25) is 5.02 Å². The Morgan fingerprint density at radius 3 is 2.33 bits per heavy atom. The van der Waals surface area contributed by atoms with Crippen molar-refractivity contribution in [3.8, 4) is 5.75 Å². The molecule has 0 radical (unpaired) electrons. The van der Waals surface area contributed by atoms with E-state index in [1.54, 1.807) is 37.3 Å². The van der Waals surface area contributed by atoms with Crippen molar-refractivity contribution in [2.45, 2.75) is 32.6 Å². The molecule has 0 saturated carbocycles. The highest BCUT2D eigenvalue weighted by atomic mass is 35.5. The van der Waals surface area contributed by atoms with Gasteiger partial charge in [0.05, 0.1) is 23.4 Å². The lowest BCUT2D eigenvalue weighted by atomic mass is 10.2. The number of sulfonamides is 1. The summed E-state index contributed by atoms with van der Waals surface area (Å²) >= 11 is 6.07. The average Bonchev–Trinajstić information content (AvgIpc) is 2.82. The molecule has 0 aliphatic rings. The van der Waals surface area contributed by atoms with E-state index in [2.05, 4.69) is 24.4 Å². The molecule has 9 heteroatoms. The molecule has 0 spiro atoms. The van der Waals surface area contributed by atoms with Crippen molar-refractivity contribution in [1.29, 1.82) is 0 Å². The Kier molecular flexibility index (Phi) is 9.12. The molecule has 3 aromatic carbocycles. The van der Waals surface area contributed by atoms with Crippen LogP contribution in [0.1, 0.15) is 30.5 Å². The lowest BCUT2D eigenvalue weighted by Gasteiger charge is -2.25. The van der Waals surface area contributed by atoms with E-state index in [1.807, 2.05) is 31.2 Å². The van der Waals surface area contributed by atoms with Crippen LogP contribution in [-0.4, -0.2) is 33.7 Å². The van der Waals surface area contributed by atoms with Crippen LogP contribution in [0.5, 0.6) is 5.75 Å². The first-order valence-corrected chi connectivity index (χ1v) is 13.3. The van der Waals surface area contributed by atoms with Gasteiger partial charge in [-0.1, -0.05) is 43.1 Å². The summed E-state index contributed by atoms with van der Waals surface area (Å²) in [5.41, 5.74) is 5.07. The maximum absolute atomic E-state index is 13.5. The molecule has 1 N–H and O–H groups in total. The number of carbonyl (C=O) groups excluding carboxylic acids is 1. The number of ether oxygens (including phenoxy) is 1. The van der Waals surface area contributed by atoms with Crippen LogP contribution >= 0.6 is 11.6 Å². The number of halogens is 1. The predicted octanol–water partition coefficient (Wildman–Crippen LogP) is 5.34. The summed E-state index contributed by atoms with van der Waals surface area (Å²) in [5, 5.41) is 4.46. The number of benzene rings is 3. The lowest BCUT2D eigenvalue weighted by molar-refractivity contribution is -0.119. The highest BCUT2D eigenvalue weighted by Crippen LogP contribution is 2.29. The van der Waals surface area contributed by atoms with E-state index in [-0.39, 0.29) is 4.90 Å². The van der Waals surface area contributed by atoms with Crippen molar-refractivity contribution >= 4 is 39.4 Å². The Morgan fingerprint density at radius 2 is 1.72 bits per heavy atom. The van der Waals surface area contributed by atoms with E-state index in [4.69, 9.17) is 16.3 Å². The van der Waals surface area contributed by atoms with Crippen molar-refractivity contribution < 1.29 is 17.9 Å². The number of nitrogens with zero attached hydrogens (tertiary/aromatic N) is 2. The molecule has 0 aliphatic carbocycles. The minimum Gasteiger partial charge on any atom is -0.493 e. The van der Waals surface area contributed by atoms with Gasteiger partial charge in [0.2, 0.25) is 0 Å². The smallest absolute Gasteiger partial charge is 0.264 e. The second-order valence-electron chi connectivity index (χ2n) is 8.82. The molecule has 3 rings (SSSR count). The van der Waals surface area contributed by atoms with E-state index < -0.39 is 22.5 Å². The van der Waals surface area contributed by atoms with Gasteiger partial charge in [0.25, 0.3) is 15.9 Å². The highest BCUT2D eigenvalue weighted by molar-refractivity contribution is 7.92. The largest absolute Gasteiger partial charge is 0.493 e. The highest BCUT2D eigenvalue weighted by Gasteiger charge is 2.28. The number of nitrogens with one attached hydrogen (secondary N) is 1. The van der Waals surface area contributed by atoms with Gasteiger partial charge < -0.3 is 4.74 Å². The van der Waals surface area contributed by atoms with E-state index >= 15 is 0 Å². The van der Waals surface area contributed by atoms with Crippen LogP contribution in [0.3, 0.4) is 0 Å². The zero-order chi connectivity index (χ0) is 26.3. The number of hydrazone groups is 1. The number of rotatable bonds is 10. The van der Waals surface area contributed by atoms with Crippen LogP contribution in [0, 0.1) is 19.8 Å². The topological polar surface area (TPSA) is 88.1 Å². The zero-order valence-electron chi connectivity index (χ0n) is 20.7. The van der Waals surface area contributed by atoms with Crippen molar-refractivity contribution in [3.63, 3.8) is 0 Å². The molecule has 3 aromatic rings. The third-order valence-corrected chi connectivity index (χ3v) is 7.20. The van der Waals surface area contributed by atoms with Crippen LogP contribution in [0.25, 0.3) is 0 Å². The maximum Gasteiger partial charge on any atom is 0.264 e. The van der Waals surface area contributed by atoms with Gasteiger partial charge in [-0.3, -0.25) is 9.10 Å². The maximum atomic E-state index is 13.5. The fourth-order valence-electron chi connectivity index (χ4n) is 3.29. The molecule has 0 atom stereocenters. The second kappa shape index (κ2) is 12.1. The van der Waals surface area contributed by atoms with Gasteiger partial charge >= 0.3 is 0 Å². The Balaban J connectivity index is 1.76. The molecule has 0 heterocycles. The SMILES string of the molecule is Cc1ccc(S(=O)(=O)N(CC(=O)N/N=C\c2ccc(OCC(C)C)cc2)c2ccc(Cl)cc2C)cc1. The predicted molar refractivity (Wildman–Crippen MR) is 144 cm³/mol. The monoisotopic (exact) mass is 527 g/mol. The second-order valence-corrected chi connectivity index (χ2v) is 11.1. The summed E-state index contributed by atoms with van der Waals surface area (Å²) in [4.78, 5) is 12.8. The summed E-state index contributed by atoms with van der Waals surface area (Å²) < 4.78 is 33.7. The first-order chi connectivity index (χ1) is 17.1. The Hall–Kier alpha value is -3.36.